The highest BCUT2D eigenvalue weighted by atomic mass is 16.8. The smallest absolute Gasteiger partial charge is 0.217 e. The minimum absolute atomic E-state index is 0.627. The summed E-state index contributed by atoms with van der Waals surface area (Å²) in [6.45, 7) is -3.31. The number of carbonyl (C=O) groups is 1. The topological polar surface area (TPSA) is 558 Å². The van der Waals surface area contributed by atoms with E-state index in [1.807, 2.05) is 0 Å². The van der Waals surface area contributed by atoms with Gasteiger partial charge in [0, 0.05) is 6.92 Å². The summed E-state index contributed by atoms with van der Waals surface area (Å²) >= 11 is 0. The number of ether oxygens (including phenoxy) is 10. The first-order valence-corrected chi connectivity index (χ1v) is 22.3. The van der Waals surface area contributed by atoms with Crippen molar-refractivity contribution >= 4 is 5.91 Å². The molecule has 0 aliphatic carbocycles. The van der Waals surface area contributed by atoms with Gasteiger partial charge in [-0.3, -0.25) is 4.79 Å². The Morgan fingerprint density at radius 2 is 0.732 bits per heavy atom. The maximum absolute atomic E-state index is 11.9. The van der Waals surface area contributed by atoms with Crippen molar-refractivity contribution in [3.63, 3.8) is 0 Å². The third-order valence-corrected chi connectivity index (χ3v) is 12.7. The summed E-state index contributed by atoms with van der Waals surface area (Å²) in [6.07, 6.45) is -42.8. The largest absolute Gasteiger partial charge is 0.394 e. The lowest BCUT2D eigenvalue weighted by molar-refractivity contribution is -0.377. The molecular weight excluding hydrogens is 978 g/mol. The Labute approximate surface area is 402 Å². The van der Waals surface area contributed by atoms with Crippen molar-refractivity contribution in [1.82, 2.24) is 5.32 Å². The third kappa shape index (κ3) is 13.3. The van der Waals surface area contributed by atoms with E-state index in [4.69, 9.17) is 58.8 Å². The maximum Gasteiger partial charge on any atom is 0.217 e. The van der Waals surface area contributed by atoms with Gasteiger partial charge in [0.1, 0.15) is 134 Å². The van der Waals surface area contributed by atoms with E-state index in [1.165, 1.54) is 0 Å². The molecule has 16 unspecified atom stereocenters. The van der Waals surface area contributed by atoms with Gasteiger partial charge in [-0.05, 0) is 0 Å². The second-order valence-electron chi connectivity index (χ2n) is 17.6. The van der Waals surface area contributed by atoms with Crippen LogP contribution in [0.1, 0.15) is 6.92 Å². The number of nitrogens with one attached hydrogen (secondary N) is 1. The Balaban J connectivity index is 0.000000265. The number of aliphatic hydroxyl groups excluding tert-OH is 19. The Kier molecular flexibility index (Phi) is 22.3. The van der Waals surface area contributed by atoms with Gasteiger partial charge in [0.25, 0.3) is 0 Å². The van der Waals surface area contributed by atoms with Gasteiger partial charge in [-0.1, -0.05) is 0 Å². The number of hydrogen-bond donors (Lipinski definition) is 22. The lowest BCUT2D eigenvalue weighted by Gasteiger charge is -2.49. The summed E-state index contributed by atoms with van der Waals surface area (Å²) in [4.78, 5) is 11.9. The normalized spacial score (nSPS) is 50.7. The average Bonchev–Trinajstić information content (AvgIpc) is 3.35. The molecule has 0 aromatic heterocycles. The fourth-order valence-corrected chi connectivity index (χ4v) is 8.60. The molecule has 6 aliphatic heterocycles. The molecule has 0 radical (unpaired) electrons. The number of nitrogens with two attached hydrogens (primary N) is 2. The highest BCUT2D eigenvalue weighted by Crippen LogP contribution is 2.34. The SMILES string of the molecule is CC(=O)NC1C(OC2C(CO)OC(O)C(N)C2O)OC(CO)C(OC2OC(CO)C(O)C(O)C2N)C1O.OC[C@H]1O[C@@H](O[C@H]2[C@H](O)[C@@H](O)[C@H](O[C@H]3[C@H](O)[C@@H](O)C(O)O[C@@H]3CO)O[C@@H]2CO)[C@H](O)[C@@H](O)[C@@H]1O. The van der Waals surface area contributed by atoms with E-state index in [9.17, 15) is 102 Å². The third-order valence-electron chi connectivity index (χ3n) is 12.7. The van der Waals surface area contributed by atoms with Crippen molar-refractivity contribution in [1.29, 1.82) is 0 Å². The first kappa shape index (κ1) is 60.1. The minimum Gasteiger partial charge on any atom is -0.394 e. The number of amides is 1. The van der Waals surface area contributed by atoms with Gasteiger partial charge >= 0.3 is 0 Å². The molecule has 0 bridgehead atoms. The Morgan fingerprint density at radius 1 is 0.380 bits per heavy atom. The molecule has 6 saturated heterocycles. The number of hydrogen-bond acceptors (Lipinski definition) is 32. The van der Waals surface area contributed by atoms with E-state index in [2.05, 4.69) is 5.32 Å². The summed E-state index contributed by atoms with van der Waals surface area (Å²) in [5.41, 5.74) is 11.6. The molecular formula is C38H69N3O30. The van der Waals surface area contributed by atoms with Crippen LogP contribution in [-0.2, 0) is 52.2 Å². The first-order chi connectivity index (χ1) is 33.5. The summed E-state index contributed by atoms with van der Waals surface area (Å²) in [5.74, 6) is -0.627. The fraction of sp³-hybridized carbons (Fsp3) is 0.974. The molecule has 0 spiro atoms. The van der Waals surface area contributed by atoms with Gasteiger partial charge in [0.2, 0.25) is 5.91 Å². The molecule has 0 aromatic carbocycles. The van der Waals surface area contributed by atoms with Crippen LogP contribution in [0.15, 0.2) is 0 Å². The molecule has 6 rings (SSSR count). The lowest BCUT2D eigenvalue weighted by Crippen LogP contribution is -2.70. The van der Waals surface area contributed by atoms with Crippen LogP contribution in [0, 0.1) is 0 Å². The monoisotopic (exact) mass is 1050 g/mol. The van der Waals surface area contributed by atoms with E-state index < -0.39 is 230 Å². The van der Waals surface area contributed by atoms with Crippen LogP contribution in [0.5, 0.6) is 0 Å². The quantitative estimate of drug-likeness (QED) is 0.0724. The summed E-state index contributed by atoms with van der Waals surface area (Å²) in [7, 11) is 0. The van der Waals surface area contributed by atoms with Crippen molar-refractivity contribution in [3.8, 4) is 0 Å². The Hall–Kier alpha value is -1.77. The predicted molar refractivity (Wildman–Crippen MR) is 218 cm³/mol. The van der Waals surface area contributed by atoms with Crippen molar-refractivity contribution < 1.29 is 149 Å². The van der Waals surface area contributed by atoms with Gasteiger partial charge in [-0.2, -0.15) is 0 Å². The predicted octanol–water partition coefficient (Wildman–Crippen LogP) is -15.1. The second kappa shape index (κ2) is 26.3. The van der Waals surface area contributed by atoms with Gasteiger partial charge < -0.3 is 161 Å². The van der Waals surface area contributed by atoms with E-state index in [-0.39, 0.29) is 0 Å². The number of rotatable bonds is 15. The van der Waals surface area contributed by atoms with Crippen LogP contribution >= 0.6 is 0 Å². The van der Waals surface area contributed by atoms with Gasteiger partial charge in [0.05, 0.1) is 51.7 Å². The molecule has 30 atom stereocenters. The van der Waals surface area contributed by atoms with E-state index in [0.29, 0.717) is 0 Å². The second-order valence-corrected chi connectivity index (χ2v) is 17.6. The van der Waals surface area contributed by atoms with Crippen molar-refractivity contribution in [2.75, 3.05) is 39.6 Å². The average molecular weight is 1050 g/mol. The van der Waals surface area contributed by atoms with Crippen LogP contribution < -0.4 is 16.8 Å². The van der Waals surface area contributed by atoms with E-state index in [0.717, 1.165) is 6.92 Å². The van der Waals surface area contributed by atoms with Gasteiger partial charge in [0.15, 0.2) is 37.7 Å². The van der Waals surface area contributed by atoms with E-state index >= 15 is 0 Å². The summed E-state index contributed by atoms with van der Waals surface area (Å²) in [6, 6.07) is -4.04. The number of aliphatic hydroxyl groups is 19. The summed E-state index contributed by atoms with van der Waals surface area (Å²) in [5, 5.41) is 192. The zero-order valence-corrected chi connectivity index (χ0v) is 37.7. The van der Waals surface area contributed by atoms with Crippen LogP contribution in [0.4, 0.5) is 0 Å². The zero-order chi connectivity index (χ0) is 52.9. The number of carbonyl (C=O) groups excluding carboxylic acids is 1. The van der Waals surface area contributed by atoms with Crippen molar-refractivity contribution in [3.05, 3.63) is 0 Å². The molecule has 71 heavy (non-hydrogen) atoms. The molecule has 0 saturated carbocycles. The highest BCUT2D eigenvalue weighted by molar-refractivity contribution is 5.73. The van der Waals surface area contributed by atoms with Crippen LogP contribution in [0.3, 0.4) is 0 Å². The van der Waals surface area contributed by atoms with Crippen LogP contribution in [-0.4, -0.2) is 327 Å². The van der Waals surface area contributed by atoms with E-state index in [1.54, 1.807) is 0 Å². The molecule has 6 aliphatic rings. The minimum atomic E-state index is -1.91. The fourth-order valence-electron chi connectivity index (χ4n) is 8.60. The van der Waals surface area contributed by atoms with Gasteiger partial charge in [-0.25, -0.2) is 0 Å². The maximum atomic E-state index is 11.9. The molecule has 6 fully saturated rings. The molecule has 6 heterocycles. The van der Waals surface area contributed by atoms with Crippen molar-refractivity contribution in [2.45, 2.75) is 191 Å². The molecule has 24 N–H and O–H groups in total. The Bertz CT molecular complexity index is 1610. The Morgan fingerprint density at radius 3 is 1.23 bits per heavy atom. The molecule has 416 valence electrons. The van der Waals surface area contributed by atoms with Crippen LogP contribution in [0.25, 0.3) is 0 Å². The van der Waals surface area contributed by atoms with Crippen LogP contribution in [0.2, 0.25) is 0 Å². The highest BCUT2D eigenvalue weighted by Gasteiger charge is 2.56. The first-order valence-electron chi connectivity index (χ1n) is 22.3. The lowest BCUT2D eigenvalue weighted by atomic mass is 9.94. The molecule has 1 amide bonds. The van der Waals surface area contributed by atoms with Crippen molar-refractivity contribution in [2.24, 2.45) is 11.5 Å². The standard InChI is InChI=1S/C20H37N3O14.C18H32O16/c1-5(27)23-11-15(31)17(36-19-10(22)13(29)12(28)6(2-24)34-19)8(4-26)35-20(11)37-16-7(3-25)33-18(32)9(21)14(16)30;19-1-4-7(22)8(23)12(27)17(31-4)34-15-6(3-21)32-18(13(28)10(15)25)33-14-5(2-20)30-16(29)11(26)9(14)24/h6-20,24-26,28-32H,2-4,21-22H2,1H3,(H,23,27);4-29H,1-3H2/t;4-,5-,6-,7-,8+,9-,10-,11-,12-,13-,14-,15-,16?,17+,18+/m.1/s1. The molecule has 33 heteroatoms. The molecule has 0 aromatic rings. The molecule has 33 nitrogen and oxygen atoms in total. The van der Waals surface area contributed by atoms with Gasteiger partial charge in [-0.15, -0.1) is 0 Å². The zero-order valence-electron chi connectivity index (χ0n) is 37.7. The summed E-state index contributed by atoms with van der Waals surface area (Å²) < 4.78 is 54.2.